The van der Waals surface area contributed by atoms with Crippen LogP contribution in [0.2, 0.25) is 5.15 Å². The monoisotopic (exact) mass is 270 g/mol. The van der Waals surface area contributed by atoms with Gasteiger partial charge in [-0.1, -0.05) is 44.7 Å². The molecular weight excluding hydrogens is 248 g/mol. The fraction of sp³-hybridized carbons (Fsp3) is 0.714. The molecule has 3 nitrogen and oxygen atoms in total. The Morgan fingerprint density at radius 1 is 1.17 bits per heavy atom. The average Bonchev–Trinajstić information content (AvgIpc) is 2.38. The Morgan fingerprint density at radius 3 is 2.50 bits per heavy atom. The van der Waals surface area contributed by atoms with Crippen molar-refractivity contribution in [1.29, 1.82) is 0 Å². The molecule has 0 amide bonds. The molecule has 4 heteroatoms. The van der Waals surface area contributed by atoms with Crippen molar-refractivity contribution < 1.29 is 4.74 Å². The first-order valence-electron chi connectivity index (χ1n) is 6.72. The van der Waals surface area contributed by atoms with Gasteiger partial charge in [-0.3, -0.25) is 0 Å². The molecule has 0 aliphatic rings. The zero-order valence-corrected chi connectivity index (χ0v) is 12.5. The van der Waals surface area contributed by atoms with Crippen LogP contribution in [-0.2, 0) is 0 Å². The lowest BCUT2D eigenvalue weighted by Crippen LogP contribution is -2.13. The van der Waals surface area contributed by atoms with Crippen LogP contribution in [0.25, 0.3) is 0 Å². The van der Waals surface area contributed by atoms with Gasteiger partial charge in [0.15, 0.2) is 5.15 Å². The number of rotatable bonds is 7. The Balaban J connectivity index is 2.59. The molecular formula is C14H23ClN2O. The molecule has 0 radical (unpaired) electrons. The minimum absolute atomic E-state index is 0.456. The van der Waals surface area contributed by atoms with E-state index in [1.165, 1.54) is 19.3 Å². The quantitative estimate of drug-likeness (QED) is 0.739. The molecule has 1 heterocycles. The molecule has 0 aliphatic carbocycles. The Labute approximate surface area is 115 Å². The van der Waals surface area contributed by atoms with E-state index in [0.29, 0.717) is 23.6 Å². The van der Waals surface area contributed by atoms with E-state index in [9.17, 15) is 0 Å². The first-order chi connectivity index (χ1) is 8.60. The summed E-state index contributed by atoms with van der Waals surface area (Å²) in [5.74, 6) is 1.22. The van der Waals surface area contributed by atoms with Gasteiger partial charge in [0.25, 0.3) is 0 Å². The SMILES string of the molecule is CCCCC(CC)COc1nnc(Cl)c(C)c1C. The van der Waals surface area contributed by atoms with Crippen LogP contribution in [0.1, 0.15) is 50.7 Å². The number of halogens is 1. The van der Waals surface area contributed by atoms with Crippen LogP contribution in [0, 0.1) is 19.8 Å². The molecule has 0 fully saturated rings. The third-order valence-corrected chi connectivity index (χ3v) is 3.78. The van der Waals surface area contributed by atoms with Crippen LogP contribution in [0.15, 0.2) is 0 Å². The van der Waals surface area contributed by atoms with E-state index in [1.807, 2.05) is 13.8 Å². The highest BCUT2D eigenvalue weighted by molar-refractivity contribution is 6.30. The van der Waals surface area contributed by atoms with E-state index in [0.717, 1.165) is 17.5 Å². The van der Waals surface area contributed by atoms with Crippen LogP contribution in [0.3, 0.4) is 0 Å². The van der Waals surface area contributed by atoms with Crippen LogP contribution >= 0.6 is 11.6 Å². The van der Waals surface area contributed by atoms with Crippen LogP contribution in [0.4, 0.5) is 0 Å². The first kappa shape index (κ1) is 15.2. The highest BCUT2D eigenvalue weighted by atomic mass is 35.5. The summed E-state index contributed by atoms with van der Waals surface area (Å²) in [6.07, 6.45) is 4.84. The van der Waals surface area contributed by atoms with Crippen molar-refractivity contribution in [2.45, 2.75) is 53.4 Å². The second-order valence-corrected chi connectivity index (χ2v) is 5.13. The predicted molar refractivity (Wildman–Crippen MR) is 75.3 cm³/mol. The van der Waals surface area contributed by atoms with Crippen molar-refractivity contribution in [3.63, 3.8) is 0 Å². The Bertz CT molecular complexity index is 382. The maximum atomic E-state index is 5.92. The van der Waals surface area contributed by atoms with Crippen molar-refractivity contribution in [3.05, 3.63) is 16.3 Å². The largest absolute Gasteiger partial charge is 0.476 e. The Morgan fingerprint density at radius 2 is 1.89 bits per heavy atom. The Hall–Kier alpha value is -0.830. The lowest BCUT2D eigenvalue weighted by molar-refractivity contribution is 0.222. The average molecular weight is 271 g/mol. The van der Waals surface area contributed by atoms with Crippen molar-refractivity contribution >= 4 is 11.6 Å². The van der Waals surface area contributed by atoms with Gasteiger partial charge in [-0.05, 0) is 31.7 Å². The minimum atomic E-state index is 0.456. The van der Waals surface area contributed by atoms with Gasteiger partial charge in [-0.15, -0.1) is 10.2 Å². The Kier molecular flexibility index (Phi) is 6.41. The van der Waals surface area contributed by atoms with Gasteiger partial charge in [0.1, 0.15) is 0 Å². The molecule has 1 atom stereocenters. The molecule has 0 aliphatic heterocycles. The normalized spacial score (nSPS) is 12.5. The first-order valence-corrected chi connectivity index (χ1v) is 7.10. The molecule has 0 aromatic carbocycles. The molecule has 1 aromatic rings. The highest BCUT2D eigenvalue weighted by Crippen LogP contribution is 2.23. The van der Waals surface area contributed by atoms with Gasteiger partial charge in [-0.2, -0.15) is 0 Å². The number of aromatic nitrogens is 2. The van der Waals surface area contributed by atoms with Gasteiger partial charge in [-0.25, -0.2) is 0 Å². The van der Waals surface area contributed by atoms with Gasteiger partial charge >= 0.3 is 0 Å². The summed E-state index contributed by atoms with van der Waals surface area (Å²) < 4.78 is 5.79. The number of nitrogens with zero attached hydrogens (tertiary/aromatic N) is 2. The summed E-state index contributed by atoms with van der Waals surface area (Å²) in [4.78, 5) is 0. The molecule has 18 heavy (non-hydrogen) atoms. The van der Waals surface area contributed by atoms with Gasteiger partial charge < -0.3 is 4.74 Å². The number of ether oxygens (including phenoxy) is 1. The summed E-state index contributed by atoms with van der Waals surface area (Å²) in [6.45, 7) is 9.04. The number of hydrogen-bond acceptors (Lipinski definition) is 3. The summed E-state index contributed by atoms with van der Waals surface area (Å²) >= 11 is 5.92. The van der Waals surface area contributed by atoms with Gasteiger partial charge in [0, 0.05) is 5.56 Å². The van der Waals surface area contributed by atoms with E-state index in [2.05, 4.69) is 24.0 Å². The third-order valence-electron chi connectivity index (χ3n) is 3.42. The highest BCUT2D eigenvalue weighted by Gasteiger charge is 2.12. The summed E-state index contributed by atoms with van der Waals surface area (Å²) in [6, 6.07) is 0. The van der Waals surface area contributed by atoms with Crippen LogP contribution in [-0.4, -0.2) is 16.8 Å². The molecule has 1 aromatic heterocycles. The maximum absolute atomic E-state index is 5.92. The third kappa shape index (κ3) is 4.13. The molecule has 0 bridgehead atoms. The topological polar surface area (TPSA) is 35.0 Å². The molecule has 0 saturated carbocycles. The summed E-state index contributed by atoms with van der Waals surface area (Å²) in [7, 11) is 0. The fourth-order valence-electron chi connectivity index (χ4n) is 1.79. The van der Waals surface area contributed by atoms with E-state index < -0.39 is 0 Å². The number of hydrogen-bond donors (Lipinski definition) is 0. The van der Waals surface area contributed by atoms with E-state index >= 15 is 0 Å². The van der Waals surface area contributed by atoms with E-state index in [-0.39, 0.29) is 0 Å². The molecule has 1 rings (SSSR count). The van der Waals surface area contributed by atoms with Gasteiger partial charge in [0.05, 0.1) is 6.61 Å². The van der Waals surface area contributed by atoms with E-state index in [1.54, 1.807) is 0 Å². The predicted octanol–water partition coefficient (Wildman–Crippen LogP) is 4.34. The summed E-state index contributed by atoms with van der Waals surface area (Å²) in [5, 5.41) is 8.37. The van der Waals surface area contributed by atoms with E-state index in [4.69, 9.17) is 16.3 Å². The molecule has 0 saturated heterocycles. The van der Waals surface area contributed by atoms with Crippen molar-refractivity contribution in [2.24, 2.45) is 5.92 Å². The second-order valence-electron chi connectivity index (χ2n) is 4.77. The lowest BCUT2D eigenvalue weighted by atomic mass is 10.0. The zero-order chi connectivity index (χ0) is 13.5. The lowest BCUT2D eigenvalue weighted by Gasteiger charge is -2.16. The van der Waals surface area contributed by atoms with Crippen molar-refractivity contribution in [2.75, 3.05) is 6.61 Å². The maximum Gasteiger partial charge on any atom is 0.236 e. The standard InChI is InChI=1S/C14H23ClN2O/c1-5-7-8-12(6-2)9-18-14-11(4)10(3)13(15)16-17-14/h12H,5-9H2,1-4H3. The van der Waals surface area contributed by atoms with Crippen molar-refractivity contribution in [1.82, 2.24) is 10.2 Å². The molecule has 0 spiro atoms. The molecule has 102 valence electrons. The molecule has 0 N–H and O–H groups in total. The van der Waals surface area contributed by atoms with Crippen LogP contribution < -0.4 is 4.74 Å². The smallest absolute Gasteiger partial charge is 0.236 e. The summed E-state index contributed by atoms with van der Waals surface area (Å²) in [5.41, 5.74) is 1.93. The van der Waals surface area contributed by atoms with Gasteiger partial charge in [0.2, 0.25) is 5.88 Å². The fourth-order valence-corrected chi connectivity index (χ4v) is 1.97. The van der Waals surface area contributed by atoms with Crippen LogP contribution in [0.5, 0.6) is 5.88 Å². The zero-order valence-electron chi connectivity index (χ0n) is 11.8. The van der Waals surface area contributed by atoms with Crippen molar-refractivity contribution in [3.8, 4) is 5.88 Å². The molecule has 1 unspecified atom stereocenters. The number of unbranched alkanes of at least 4 members (excludes halogenated alkanes) is 1. The second kappa shape index (κ2) is 7.57. The minimum Gasteiger partial charge on any atom is -0.476 e.